The number of rotatable bonds is 3. The second-order valence-electron chi connectivity index (χ2n) is 3.49. The first kappa shape index (κ1) is 10.5. The molecule has 82 valence electrons. The predicted molar refractivity (Wildman–Crippen MR) is 62.2 cm³/mol. The largest absolute Gasteiger partial charge is 0.300 e. The van der Waals surface area contributed by atoms with Crippen molar-refractivity contribution < 1.29 is 4.79 Å². The van der Waals surface area contributed by atoms with Crippen molar-refractivity contribution in [1.82, 2.24) is 5.32 Å². The summed E-state index contributed by atoms with van der Waals surface area (Å²) >= 11 is 0. The molecular weight excluding hydrogens is 204 g/mol. The zero-order valence-electron chi connectivity index (χ0n) is 8.63. The third kappa shape index (κ3) is 2.52. The molecule has 16 heavy (non-hydrogen) atoms. The van der Waals surface area contributed by atoms with Crippen LogP contribution in [0.15, 0.2) is 40.3 Å². The minimum absolute atomic E-state index is 0.204. The van der Waals surface area contributed by atoms with E-state index < -0.39 is 5.91 Å². The van der Waals surface area contributed by atoms with Gasteiger partial charge in [0.15, 0.2) is 0 Å². The predicted octanol–water partition coefficient (Wildman–Crippen LogP) is 0.0705. The Morgan fingerprint density at radius 3 is 2.50 bits per heavy atom. The van der Waals surface area contributed by atoms with Gasteiger partial charge in [0.2, 0.25) is 5.91 Å². The third-order valence-corrected chi connectivity index (χ3v) is 2.14. The highest BCUT2D eigenvalue weighted by Crippen LogP contribution is 2.05. The summed E-state index contributed by atoms with van der Waals surface area (Å²) in [6.45, 7) is 0. The molecule has 1 aliphatic rings. The number of carbonyl (C=O) groups is 1. The van der Waals surface area contributed by atoms with Crippen molar-refractivity contribution in [3.8, 4) is 0 Å². The van der Waals surface area contributed by atoms with E-state index in [1.165, 1.54) is 12.4 Å². The number of hydrogen-bond acceptors (Lipinski definition) is 4. The van der Waals surface area contributed by atoms with Gasteiger partial charge in [0.25, 0.3) is 5.91 Å². The summed E-state index contributed by atoms with van der Waals surface area (Å²) in [6.07, 6.45) is 3.19. The summed E-state index contributed by atoms with van der Waals surface area (Å²) in [5.74, 6) is -1.52. The number of nitrogens with two attached hydrogens (primary N) is 1. The molecule has 5 heteroatoms. The molecule has 1 aromatic carbocycles. The summed E-state index contributed by atoms with van der Waals surface area (Å²) in [4.78, 5) is 19.3. The highest BCUT2D eigenvalue weighted by Gasteiger charge is 2.25. The zero-order valence-corrected chi connectivity index (χ0v) is 8.63. The maximum atomic E-state index is 11.6. The lowest BCUT2D eigenvalue weighted by Gasteiger charge is -2.18. The molecule has 0 radical (unpaired) electrons. The zero-order chi connectivity index (χ0) is 11.4. The molecule has 1 amide bonds. The van der Waals surface area contributed by atoms with Crippen LogP contribution in [0.4, 0.5) is 0 Å². The quantitative estimate of drug-likeness (QED) is 0.701. The van der Waals surface area contributed by atoms with Crippen LogP contribution in [0, 0.1) is 0 Å². The van der Waals surface area contributed by atoms with Gasteiger partial charge in [0.1, 0.15) is 0 Å². The Morgan fingerprint density at radius 2 is 1.88 bits per heavy atom. The molecule has 0 atom stereocenters. The van der Waals surface area contributed by atoms with Crippen molar-refractivity contribution in [3.05, 3.63) is 35.9 Å². The van der Waals surface area contributed by atoms with Gasteiger partial charge in [0, 0.05) is 12.4 Å². The highest BCUT2D eigenvalue weighted by molar-refractivity contribution is 6.17. The molecule has 0 aliphatic carbocycles. The van der Waals surface area contributed by atoms with E-state index >= 15 is 0 Å². The molecule has 5 nitrogen and oxygen atoms in total. The first-order valence-electron chi connectivity index (χ1n) is 4.91. The van der Waals surface area contributed by atoms with Crippen LogP contribution in [0.2, 0.25) is 0 Å². The smallest absolute Gasteiger partial charge is 0.286 e. The first-order valence-corrected chi connectivity index (χ1v) is 4.91. The van der Waals surface area contributed by atoms with Crippen LogP contribution in [-0.2, 0) is 11.2 Å². The van der Waals surface area contributed by atoms with Gasteiger partial charge in [-0.05, 0) is 5.56 Å². The van der Waals surface area contributed by atoms with Gasteiger partial charge in [-0.15, -0.1) is 0 Å². The molecule has 0 spiro atoms. The van der Waals surface area contributed by atoms with Crippen LogP contribution < -0.4 is 11.1 Å². The SMILES string of the molecule is NC1(NC(=O)Cc2ccccc2)N=CC=N1. The lowest BCUT2D eigenvalue weighted by molar-refractivity contribution is -0.122. The number of nitrogens with zero attached hydrogens (tertiary/aromatic N) is 2. The fraction of sp³-hybridized carbons (Fsp3) is 0.182. The van der Waals surface area contributed by atoms with Crippen molar-refractivity contribution in [1.29, 1.82) is 0 Å². The normalized spacial score (nSPS) is 16.3. The van der Waals surface area contributed by atoms with Crippen LogP contribution in [0.25, 0.3) is 0 Å². The van der Waals surface area contributed by atoms with Crippen molar-refractivity contribution in [3.63, 3.8) is 0 Å². The number of benzene rings is 1. The third-order valence-electron chi connectivity index (χ3n) is 2.14. The van der Waals surface area contributed by atoms with Gasteiger partial charge in [-0.3, -0.25) is 15.8 Å². The van der Waals surface area contributed by atoms with Gasteiger partial charge in [0.05, 0.1) is 6.42 Å². The highest BCUT2D eigenvalue weighted by atomic mass is 16.2. The minimum atomic E-state index is -1.31. The van der Waals surface area contributed by atoms with Crippen LogP contribution in [0.3, 0.4) is 0 Å². The lowest BCUT2D eigenvalue weighted by Crippen LogP contribution is -2.52. The number of amides is 1. The van der Waals surface area contributed by atoms with Crippen LogP contribution in [0.1, 0.15) is 5.56 Å². The van der Waals surface area contributed by atoms with Gasteiger partial charge < -0.3 is 0 Å². The Morgan fingerprint density at radius 1 is 1.25 bits per heavy atom. The van der Waals surface area contributed by atoms with Crippen molar-refractivity contribution >= 4 is 18.3 Å². The van der Waals surface area contributed by atoms with Crippen molar-refractivity contribution in [2.75, 3.05) is 0 Å². The standard InChI is InChI=1S/C11H12N4O/c12-11(13-6-7-14-11)15-10(16)8-9-4-2-1-3-5-9/h1-7H,8,12H2,(H,15,16). The van der Waals surface area contributed by atoms with Crippen molar-refractivity contribution in [2.24, 2.45) is 15.7 Å². The fourth-order valence-electron chi connectivity index (χ4n) is 1.42. The molecular formula is C11H12N4O. The fourth-order valence-corrected chi connectivity index (χ4v) is 1.42. The number of nitrogens with one attached hydrogen (secondary N) is 1. The summed E-state index contributed by atoms with van der Waals surface area (Å²) in [6, 6.07) is 9.42. The molecule has 0 bridgehead atoms. The Balaban J connectivity index is 1.95. The van der Waals surface area contributed by atoms with Crippen LogP contribution in [0.5, 0.6) is 0 Å². The molecule has 0 aromatic heterocycles. The van der Waals surface area contributed by atoms with Gasteiger partial charge >= 0.3 is 0 Å². The molecule has 0 fully saturated rings. The van der Waals surface area contributed by atoms with E-state index in [1.54, 1.807) is 0 Å². The van der Waals surface area contributed by atoms with Crippen LogP contribution >= 0.6 is 0 Å². The average molecular weight is 216 g/mol. The monoisotopic (exact) mass is 216 g/mol. The average Bonchev–Trinajstić information content (AvgIpc) is 2.66. The molecule has 0 saturated heterocycles. The van der Waals surface area contributed by atoms with E-state index in [9.17, 15) is 4.79 Å². The topological polar surface area (TPSA) is 79.8 Å². The molecule has 3 N–H and O–H groups in total. The first-order chi connectivity index (χ1) is 7.68. The maximum Gasteiger partial charge on any atom is 0.286 e. The van der Waals surface area contributed by atoms with Gasteiger partial charge in [-0.25, -0.2) is 9.98 Å². The van der Waals surface area contributed by atoms with E-state index in [2.05, 4.69) is 15.3 Å². The summed E-state index contributed by atoms with van der Waals surface area (Å²) in [5.41, 5.74) is 6.61. The second-order valence-corrected chi connectivity index (χ2v) is 3.49. The molecule has 1 heterocycles. The number of carbonyl (C=O) groups excluding carboxylic acids is 1. The number of hydrogen-bond donors (Lipinski definition) is 2. The second kappa shape index (κ2) is 4.24. The molecule has 2 rings (SSSR count). The Bertz CT molecular complexity index is 427. The Hall–Kier alpha value is -2.01. The van der Waals surface area contributed by atoms with Gasteiger partial charge in [-0.1, -0.05) is 30.3 Å². The van der Waals surface area contributed by atoms with E-state index in [-0.39, 0.29) is 12.3 Å². The maximum absolute atomic E-state index is 11.6. The Kier molecular flexibility index (Phi) is 2.78. The molecule has 0 unspecified atom stereocenters. The van der Waals surface area contributed by atoms with Crippen molar-refractivity contribution in [2.45, 2.75) is 12.3 Å². The van der Waals surface area contributed by atoms with E-state index in [1.807, 2.05) is 30.3 Å². The molecule has 1 aliphatic heterocycles. The summed E-state index contributed by atoms with van der Waals surface area (Å²) in [5, 5.41) is 2.55. The lowest BCUT2D eigenvalue weighted by atomic mass is 10.1. The van der Waals surface area contributed by atoms with E-state index in [0.29, 0.717) is 0 Å². The molecule has 0 saturated carbocycles. The minimum Gasteiger partial charge on any atom is -0.300 e. The van der Waals surface area contributed by atoms with Crippen LogP contribution in [-0.4, -0.2) is 24.2 Å². The Labute approximate surface area is 93.1 Å². The number of aliphatic imine (C=N–C) groups is 2. The summed E-state index contributed by atoms with van der Waals surface area (Å²) < 4.78 is 0. The van der Waals surface area contributed by atoms with E-state index in [4.69, 9.17) is 5.73 Å². The van der Waals surface area contributed by atoms with E-state index in [0.717, 1.165) is 5.56 Å². The summed E-state index contributed by atoms with van der Waals surface area (Å²) in [7, 11) is 0. The van der Waals surface area contributed by atoms with Gasteiger partial charge in [-0.2, -0.15) is 0 Å². The molecule has 1 aromatic rings.